The van der Waals surface area contributed by atoms with E-state index in [-0.39, 0.29) is 6.54 Å². The summed E-state index contributed by atoms with van der Waals surface area (Å²) in [5.74, 6) is -0.492. The number of β-amino-alcohol motifs (C(OH)–C–C–N with tert-alkyl or cyclic N) is 1. The first kappa shape index (κ1) is 17.4. The van der Waals surface area contributed by atoms with Crippen LogP contribution in [-0.4, -0.2) is 70.7 Å². The van der Waals surface area contributed by atoms with Crippen LogP contribution in [0.4, 0.5) is 0 Å². The van der Waals surface area contributed by atoms with Crippen LogP contribution in [0.3, 0.4) is 0 Å². The van der Waals surface area contributed by atoms with Crippen molar-refractivity contribution in [2.24, 2.45) is 0 Å². The van der Waals surface area contributed by atoms with Crippen LogP contribution in [0.25, 0.3) is 0 Å². The molecule has 0 bridgehead atoms. The van der Waals surface area contributed by atoms with Crippen molar-refractivity contribution in [1.82, 2.24) is 4.90 Å². The standard InChI is InChI=1S/C14H27NO5/c1-2-8-20-9-6-4-3-5-7-15-10-11(16)12(17)13(18)14(15)19/h11-13,16-18H,2-10H2,1H3/t11-,12+,13-/m0/s1. The third-order valence-electron chi connectivity index (χ3n) is 3.51. The normalized spacial score (nSPS) is 27.1. The zero-order valence-corrected chi connectivity index (χ0v) is 12.2. The zero-order chi connectivity index (χ0) is 15.0. The van der Waals surface area contributed by atoms with Gasteiger partial charge in [0.15, 0.2) is 6.10 Å². The van der Waals surface area contributed by atoms with E-state index in [0.717, 1.165) is 45.3 Å². The monoisotopic (exact) mass is 289 g/mol. The Morgan fingerprint density at radius 3 is 2.55 bits per heavy atom. The van der Waals surface area contributed by atoms with Crippen LogP contribution >= 0.6 is 0 Å². The van der Waals surface area contributed by atoms with Gasteiger partial charge in [0.25, 0.3) is 5.91 Å². The highest BCUT2D eigenvalue weighted by atomic mass is 16.5. The summed E-state index contributed by atoms with van der Waals surface area (Å²) >= 11 is 0. The Bertz CT molecular complexity index is 287. The van der Waals surface area contributed by atoms with Crippen LogP contribution in [0.15, 0.2) is 0 Å². The van der Waals surface area contributed by atoms with Gasteiger partial charge in [-0.2, -0.15) is 0 Å². The molecule has 1 fully saturated rings. The van der Waals surface area contributed by atoms with Gasteiger partial charge in [0.2, 0.25) is 0 Å². The van der Waals surface area contributed by atoms with E-state index in [1.807, 2.05) is 0 Å². The van der Waals surface area contributed by atoms with Crippen molar-refractivity contribution in [3.63, 3.8) is 0 Å². The maximum absolute atomic E-state index is 11.7. The second-order valence-corrected chi connectivity index (χ2v) is 5.31. The fraction of sp³-hybridized carbons (Fsp3) is 0.929. The maximum Gasteiger partial charge on any atom is 0.254 e. The molecule has 1 aliphatic heterocycles. The van der Waals surface area contributed by atoms with Crippen LogP contribution in [-0.2, 0) is 9.53 Å². The van der Waals surface area contributed by atoms with Crippen molar-refractivity contribution in [3.8, 4) is 0 Å². The number of carbonyl (C=O) groups excluding carboxylic acids is 1. The molecule has 0 aliphatic carbocycles. The number of likely N-dealkylation sites (tertiary alicyclic amines) is 1. The van der Waals surface area contributed by atoms with E-state index in [2.05, 4.69) is 6.92 Å². The highest BCUT2D eigenvalue weighted by molar-refractivity contribution is 5.82. The molecule has 1 aliphatic rings. The van der Waals surface area contributed by atoms with E-state index in [0.29, 0.717) is 6.54 Å². The predicted molar refractivity (Wildman–Crippen MR) is 74.2 cm³/mol. The minimum absolute atomic E-state index is 0.0939. The van der Waals surface area contributed by atoms with E-state index >= 15 is 0 Å². The summed E-state index contributed by atoms with van der Waals surface area (Å²) < 4.78 is 5.38. The van der Waals surface area contributed by atoms with Crippen LogP contribution in [0.1, 0.15) is 39.0 Å². The molecule has 6 nitrogen and oxygen atoms in total. The smallest absolute Gasteiger partial charge is 0.254 e. The molecular formula is C14H27NO5. The molecule has 20 heavy (non-hydrogen) atoms. The molecule has 0 aromatic carbocycles. The number of piperidine rings is 1. The van der Waals surface area contributed by atoms with Gasteiger partial charge in [-0.15, -0.1) is 0 Å². The van der Waals surface area contributed by atoms with E-state index in [9.17, 15) is 20.1 Å². The SMILES string of the molecule is CCCOCCCCCCN1C[C@H](O)[C@@H](O)[C@H](O)C1=O. The molecule has 0 aromatic rings. The van der Waals surface area contributed by atoms with Crippen LogP contribution in [0.2, 0.25) is 0 Å². The first-order chi connectivity index (χ1) is 9.57. The van der Waals surface area contributed by atoms with Crippen LogP contribution < -0.4 is 0 Å². The molecule has 0 unspecified atom stereocenters. The van der Waals surface area contributed by atoms with Crippen molar-refractivity contribution in [2.75, 3.05) is 26.3 Å². The van der Waals surface area contributed by atoms with Crippen molar-refractivity contribution < 1.29 is 24.9 Å². The molecule has 3 N–H and O–H groups in total. The fourth-order valence-electron chi connectivity index (χ4n) is 2.28. The van der Waals surface area contributed by atoms with E-state index < -0.39 is 24.2 Å². The second-order valence-electron chi connectivity index (χ2n) is 5.31. The van der Waals surface area contributed by atoms with Gasteiger partial charge in [0, 0.05) is 26.3 Å². The predicted octanol–water partition coefficient (Wildman–Crippen LogP) is -0.102. The molecule has 0 saturated carbocycles. The lowest BCUT2D eigenvalue weighted by Gasteiger charge is -2.36. The third kappa shape index (κ3) is 5.36. The Kier molecular flexibility index (Phi) is 8.06. The summed E-state index contributed by atoms with van der Waals surface area (Å²) in [6, 6.07) is 0. The molecule has 0 aromatic heterocycles. The van der Waals surface area contributed by atoms with Gasteiger partial charge in [0.1, 0.15) is 12.2 Å². The number of amides is 1. The topological polar surface area (TPSA) is 90.2 Å². The number of rotatable bonds is 9. The van der Waals surface area contributed by atoms with Gasteiger partial charge in [-0.25, -0.2) is 0 Å². The van der Waals surface area contributed by atoms with E-state index in [1.54, 1.807) is 0 Å². The summed E-state index contributed by atoms with van der Waals surface area (Å²) in [7, 11) is 0. The molecule has 3 atom stereocenters. The Morgan fingerprint density at radius 2 is 1.85 bits per heavy atom. The number of carbonyl (C=O) groups is 1. The van der Waals surface area contributed by atoms with Gasteiger partial charge in [-0.05, 0) is 19.3 Å². The number of ether oxygens (including phenoxy) is 1. The minimum Gasteiger partial charge on any atom is -0.388 e. The average Bonchev–Trinajstić information content (AvgIpc) is 2.44. The molecule has 1 saturated heterocycles. The van der Waals surface area contributed by atoms with Crippen molar-refractivity contribution in [3.05, 3.63) is 0 Å². The molecule has 0 radical (unpaired) electrons. The highest BCUT2D eigenvalue weighted by Crippen LogP contribution is 2.14. The lowest BCUT2D eigenvalue weighted by molar-refractivity contribution is -0.165. The quantitative estimate of drug-likeness (QED) is 0.516. The van der Waals surface area contributed by atoms with Crippen molar-refractivity contribution in [2.45, 2.75) is 57.3 Å². The molecule has 0 spiro atoms. The first-order valence-electron chi connectivity index (χ1n) is 7.48. The first-order valence-corrected chi connectivity index (χ1v) is 7.48. The molecule has 6 heteroatoms. The van der Waals surface area contributed by atoms with Crippen molar-refractivity contribution in [1.29, 1.82) is 0 Å². The summed E-state index contributed by atoms with van der Waals surface area (Å²) in [6.45, 7) is 4.27. The Hall–Kier alpha value is -0.690. The van der Waals surface area contributed by atoms with Gasteiger partial charge < -0.3 is 25.0 Å². The van der Waals surface area contributed by atoms with Gasteiger partial charge in [-0.3, -0.25) is 4.79 Å². The van der Waals surface area contributed by atoms with Crippen molar-refractivity contribution >= 4 is 5.91 Å². The molecular weight excluding hydrogens is 262 g/mol. The maximum atomic E-state index is 11.7. The van der Waals surface area contributed by atoms with Crippen LogP contribution in [0.5, 0.6) is 0 Å². The summed E-state index contributed by atoms with van der Waals surface area (Å²) in [6.07, 6.45) is 0.967. The lowest BCUT2D eigenvalue weighted by atomic mass is 10.0. The summed E-state index contributed by atoms with van der Waals surface area (Å²) in [5, 5.41) is 28.4. The molecule has 118 valence electrons. The average molecular weight is 289 g/mol. The fourth-order valence-corrected chi connectivity index (χ4v) is 2.28. The number of nitrogens with zero attached hydrogens (tertiary/aromatic N) is 1. The van der Waals surface area contributed by atoms with Crippen LogP contribution in [0, 0.1) is 0 Å². The number of aliphatic hydroxyl groups excluding tert-OH is 3. The Balaban J connectivity index is 2.11. The second kappa shape index (κ2) is 9.28. The third-order valence-corrected chi connectivity index (χ3v) is 3.51. The number of hydrogen-bond donors (Lipinski definition) is 3. The highest BCUT2D eigenvalue weighted by Gasteiger charge is 2.39. The Morgan fingerprint density at radius 1 is 1.15 bits per heavy atom. The van der Waals surface area contributed by atoms with Gasteiger partial charge >= 0.3 is 0 Å². The molecule has 1 amide bonds. The summed E-state index contributed by atoms with van der Waals surface area (Å²) in [5.41, 5.74) is 0. The largest absolute Gasteiger partial charge is 0.388 e. The minimum atomic E-state index is -1.50. The number of hydrogen-bond acceptors (Lipinski definition) is 5. The Labute approximate surface area is 120 Å². The lowest BCUT2D eigenvalue weighted by Crippen LogP contribution is -2.58. The van der Waals surface area contributed by atoms with Gasteiger partial charge in [-0.1, -0.05) is 19.8 Å². The van der Waals surface area contributed by atoms with E-state index in [4.69, 9.17) is 4.74 Å². The number of aliphatic hydroxyl groups is 3. The van der Waals surface area contributed by atoms with E-state index in [1.165, 1.54) is 4.90 Å². The zero-order valence-electron chi connectivity index (χ0n) is 12.2. The number of unbranched alkanes of at least 4 members (excludes halogenated alkanes) is 3. The summed E-state index contributed by atoms with van der Waals surface area (Å²) in [4.78, 5) is 13.1. The van der Waals surface area contributed by atoms with Gasteiger partial charge in [0.05, 0.1) is 0 Å². The molecule has 1 rings (SSSR count). The molecule has 1 heterocycles.